The maximum atomic E-state index is 13.2. The molecule has 4 rings (SSSR count). The first kappa shape index (κ1) is 31.1. The maximum absolute atomic E-state index is 13.2. The van der Waals surface area contributed by atoms with Crippen molar-refractivity contribution in [1.29, 1.82) is 0 Å². The SMILES string of the molecule is C=CCCCCN(C)C(=O)N[C@@H](CCOc1cc(-c2ccccc2)nc2cc(OC)ccc12)C(=O)OCc1ccccc1. The van der Waals surface area contributed by atoms with E-state index in [1.54, 1.807) is 19.1 Å². The number of allylic oxidation sites excluding steroid dienone is 1. The lowest BCUT2D eigenvalue weighted by Gasteiger charge is -2.23. The van der Waals surface area contributed by atoms with E-state index in [0.717, 1.165) is 47.0 Å². The van der Waals surface area contributed by atoms with Crippen LogP contribution in [0, 0.1) is 0 Å². The zero-order chi connectivity index (χ0) is 30.4. The highest BCUT2D eigenvalue weighted by molar-refractivity contribution is 5.89. The van der Waals surface area contributed by atoms with Gasteiger partial charge in [-0.3, -0.25) is 0 Å². The summed E-state index contributed by atoms with van der Waals surface area (Å²) in [4.78, 5) is 32.6. The molecule has 3 aromatic carbocycles. The summed E-state index contributed by atoms with van der Waals surface area (Å²) in [5.41, 5.74) is 3.29. The number of pyridine rings is 1. The lowest BCUT2D eigenvalue weighted by Crippen LogP contribution is -2.48. The Balaban J connectivity index is 1.49. The predicted molar refractivity (Wildman–Crippen MR) is 169 cm³/mol. The molecule has 0 saturated carbocycles. The summed E-state index contributed by atoms with van der Waals surface area (Å²) in [6.45, 7) is 4.58. The van der Waals surface area contributed by atoms with E-state index >= 15 is 0 Å². The van der Waals surface area contributed by atoms with Gasteiger partial charge in [0.15, 0.2) is 0 Å². The number of nitrogens with zero attached hydrogens (tertiary/aromatic N) is 2. The lowest BCUT2D eigenvalue weighted by molar-refractivity contribution is -0.147. The second-order valence-electron chi connectivity index (χ2n) is 10.2. The van der Waals surface area contributed by atoms with Gasteiger partial charge in [-0.25, -0.2) is 14.6 Å². The van der Waals surface area contributed by atoms with Crippen molar-refractivity contribution in [3.05, 3.63) is 103 Å². The fourth-order valence-corrected chi connectivity index (χ4v) is 4.54. The number of fused-ring (bicyclic) bond motifs is 1. The van der Waals surface area contributed by atoms with Gasteiger partial charge in [-0.2, -0.15) is 0 Å². The normalized spacial score (nSPS) is 11.4. The molecule has 8 nitrogen and oxygen atoms in total. The number of ether oxygens (including phenoxy) is 3. The van der Waals surface area contributed by atoms with E-state index in [0.29, 0.717) is 18.0 Å². The molecule has 1 atom stereocenters. The molecule has 0 bridgehead atoms. The number of benzene rings is 3. The molecule has 0 unspecified atom stereocenters. The number of aromatic nitrogens is 1. The Hall–Kier alpha value is -4.85. The maximum Gasteiger partial charge on any atom is 0.329 e. The van der Waals surface area contributed by atoms with Gasteiger partial charge in [-0.15, -0.1) is 6.58 Å². The fourth-order valence-electron chi connectivity index (χ4n) is 4.54. The standard InChI is InChI=1S/C35H39N3O5/c1-4-5-6-13-21-38(2)35(40)37-30(34(39)43-25-26-14-9-7-10-15-26)20-22-42-33-24-31(27-16-11-8-12-17-27)36-32-23-28(41-3)18-19-29(32)33/h4,7-12,14-19,23-24,30H,1,5-6,13,20-22,25H2,2-3H3,(H,37,40)/t30-/m0/s1. The van der Waals surface area contributed by atoms with Gasteiger partial charge < -0.3 is 24.4 Å². The predicted octanol–water partition coefficient (Wildman–Crippen LogP) is 6.79. The number of amides is 2. The Labute approximate surface area is 253 Å². The van der Waals surface area contributed by atoms with Crippen LogP contribution in [0.4, 0.5) is 4.79 Å². The van der Waals surface area contributed by atoms with Gasteiger partial charge in [0, 0.05) is 43.1 Å². The number of carbonyl (C=O) groups excluding carboxylic acids is 2. The first-order chi connectivity index (χ1) is 21.0. The summed E-state index contributed by atoms with van der Waals surface area (Å²) in [7, 11) is 3.33. The zero-order valence-electron chi connectivity index (χ0n) is 24.8. The highest BCUT2D eigenvalue weighted by Gasteiger charge is 2.24. The molecule has 224 valence electrons. The average Bonchev–Trinajstić information content (AvgIpc) is 3.05. The molecule has 0 saturated heterocycles. The van der Waals surface area contributed by atoms with Crippen LogP contribution in [0.25, 0.3) is 22.2 Å². The summed E-state index contributed by atoms with van der Waals surface area (Å²) in [5.74, 6) is 0.789. The minimum atomic E-state index is -0.895. The van der Waals surface area contributed by atoms with Crippen LogP contribution in [-0.2, 0) is 16.1 Å². The zero-order valence-corrected chi connectivity index (χ0v) is 24.8. The quantitative estimate of drug-likeness (QED) is 0.0945. The van der Waals surface area contributed by atoms with Crippen molar-refractivity contribution < 1.29 is 23.8 Å². The van der Waals surface area contributed by atoms with Gasteiger partial charge in [-0.1, -0.05) is 66.7 Å². The Kier molecular flexibility index (Phi) is 11.5. The second-order valence-corrected chi connectivity index (χ2v) is 10.2. The van der Waals surface area contributed by atoms with Crippen LogP contribution in [0.5, 0.6) is 11.5 Å². The lowest BCUT2D eigenvalue weighted by atomic mass is 10.1. The highest BCUT2D eigenvalue weighted by Crippen LogP contribution is 2.32. The van der Waals surface area contributed by atoms with Crippen LogP contribution >= 0.6 is 0 Å². The highest BCUT2D eigenvalue weighted by atomic mass is 16.5. The Morgan fingerprint density at radius 3 is 2.47 bits per heavy atom. The van der Waals surface area contributed by atoms with Gasteiger partial charge in [0.2, 0.25) is 0 Å². The van der Waals surface area contributed by atoms with Gasteiger partial charge in [0.25, 0.3) is 0 Å². The van der Waals surface area contributed by atoms with Crippen molar-refractivity contribution in [3.8, 4) is 22.8 Å². The summed E-state index contributed by atoms with van der Waals surface area (Å²) >= 11 is 0. The van der Waals surface area contributed by atoms with E-state index in [1.165, 1.54) is 0 Å². The van der Waals surface area contributed by atoms with E-state index in [2.05, 4.69) is 11.9 Å². The third-order valence-electron chi connectivity index (χ3n) is 7.02. The van der Waals surface area contributed by atoms with Crippen LogP contribution in [0.1, 0.15) is 31.2 Å². The molecule has 1 N–H and O–H groups in total. The van der Waals surface area contributed by atoms with Gasteiger partial charge in [0.05, 0.1) is 24.9 Å². The molecule has 1 aromatic heterocycles. The van der Waals surface area contributed by atoms with E-state index in [1.807, 2.05) is 91.0 Å². The molecule has 0 spiro atoms. The monoisotopic (exact) mass is 581 g/mol. The van der Waals surface area contributed by atoms with Crippen molar-refractivity contribution >= 4 is 22.9 Å². The molecule has 8 heteroatoms. The van der Waals surface area contributed by atoms with Crippen LogP contribution in [0.3, 0.4) is 0 Å². The first-order valence-corrected chi connectivity index (χ1v) is 14.5. The second kappa shape index (κ2) is 16.0. The minimum absolute atomic E-state index is 0.113. The molecular formula is C35H39N3O5. The number of hydrogen-bond acceptors (Lipinski definition) is 6. The molecule has 43 heavy (non-hydrogen) atoms. The third-order valence-corrected chi connectivity index (χ3v) is 7.02. The Bertz CT molecular complexity index is 1490. The Morgan fingerprint density at radius 1 is 1.00 bits per heavy atom. The number of hydrogen-bond donors (Lipinski definition) is 1. The van der Waals surface area contributed by atoms with Gasteiger partial charge in [0.1, 0.15) is 24.1 Å². The average molecular weight is 582 g/mol. The van der Waals surface area contributed by atoms with E-state index in [-0.39, 0.29) is 25.7 Å². The van der Waals surface area contributed by atoms with Crippen molar-refractivity contribution in [1.82, 2.24) is 15.2 Å². The number of nitrogens with one attached hydrogen (secondary N) is 1. The fraction of sp³-hybridized carbons (Fsp3) is 0.286. The largest absolute Gasteiger partial charge is 0.497 e. The molecule has 0 aliphatic carbocycles. The van der Waals surface area contributed by atoms with E-state index < -0.39 is 12.0 Å². The molecule has 0 aliphatic rings. The summed E-state index contributed by atoms with van der Waals surface area (Å²) in [6, 6.07) is 25.6. The van der Waals surface area contributed by atoms with Crippen molar-refractivity contribution in [2.75, 3.05) is 27.3 Å². The van der Waals surface area contributed by atoms with Crippen LogP contribution < -0.4 is 14.8 Å². The van der Waals surface area contributed by atoms with Gasteiger partial charge >= 0.3 is 12.0 Å². The minimum Gasteiger partial charge on any atom is -0.497 e. The molecule has 0 fully saturated rings. The molecular weight excluding hydrogens is 542 g/mol. The number of methoxy groups -OCH3 is 1. The van der Waals surface area contributed by atoms with Crippen molar-refractivity contribution in [2.24, 2.45) is 0 Å². The summed E-state index contributed by atoms with van der Waals surface area (Å²) < 4.78 is 17.3. The molecule has 1 heterocycles. The van der Waals surface area contributed by atoms with E-state index in [4.69, 9.17) is 19.2 Å². The summed E-state index contributed by atoms with van der Waals surface area (Å²) in [6.07, 6.45) is 4.75. The van der Waals surface area contributed by atoms with E-state index in [9.17, 15) is 9.59 Å². The van der Waals surface area contributed by atoms with Crippen LogP contribution in [0.15, 0.2) is 97.6 Å². The smallest absolute Gasteiger partial charge is 0.329 e. The number of carbonyl (C=O) groups is 2. The summed E-state index contributed by atoms with van der Waals surface area (Å²) in [5, 5.41) is 3.66. The number of unbranched alkanes of at least 4 members (excludes halogenated alkanes) is 2. The molecule has 0 radical (unpaired) electrons. The number of esters is 1. The Morgan fingerprint density at radius 2 is 1.74 bits per heavy atom. The number of rotatable bonds is 15. The van der Waals surface area contributed by atoms with Crippen LogP contribution in [0.2, 0.25) is 0 Å². The topological polar surface area (TPSA) is 90.0 Å². The molecule has 0 aliphatic heterocycles. The van der Waals surface area contributed by atoms with Crippen molar-refractivity contribution in [2.45, 2.75) is 38.3 Å². The van der Waals surface area contributed by atoms with Crippen LogP contribution in [-0.4, -0.2) is 55.2 Å². The van der Waals surface area contributed by atoms with Crippen molar-refractivity contribution in [3.63, 3.8) is 0 Å². The van der Waals surface area contributed by atoms with Gasteiger partial charge in [-0.05, 0) is 37.0 Å². The molecule has 4 aromatic rings. The third kappa shape index (κ3) is 9.07. The number of urea groups is 1. The molecule has 2 amide bonds. The first-order valence-electron chi connectivity index (χ1n) is 14.5.